The highest BCUT2D eigenvalue weighted by Crippen LogP contribution is 2.38. The lowest BCUT2D eigenvalue weighted by Gasteiger charge is -2.25. The molecule has 1 fully saturated rings. The van der Waals surface area contributed by atoms with Crippen molar-refractivity contribution >= 4 is 22.6 Å². The highest BCUT2D eigenvalue weighted by atomic mass is 127. The predicted octanol–water partition coefficient (Wildman–Crippen LogP) is 1.72. The van der Waals surface area contributed by atoms with Crippen LogP contribution in [-0.2, 0) is 4.74 Å². The van der Waals surface area contributed by atoms with E-state index >= 15 is 0 Å². The lowest BCUT2D eigenvalue weighted by molar-refractivity contribution is 0.0566. The molecule has 1 aliphatic carbocycles. The van der Waals surface area contributed by atoms with Gasteiger partial charge in [0.1, 0.15) is 0 Å². The SMILES string of the molecule is IC1C=C2OCC2C1. The second-order valence-corrected chi connectivity index (χ2v) is 3.93. The van der Waals surface area contributed by atoms with Gasteiger partial charge in [-0.2, -0.15) is 0 Å². The van der Waals surface area contributed by atoms with Crippen molar-refractivity contribution in [3.05, 3.63) is 11.8 Å². The Morgan fingerprint density at radius 3 is 2.88 bits per heavy atom. The minimum Gasteiger partial charge on any atom is -0.497 e. The van der Waals surface area contributed by atoms with Gasteiger partial charge in [0.25, 0.3) is 0 Å². The van der Waals surface area contributed by atoms with Crippen molar-refractivity contribution < 1.29 is 4.74 Å². The van der Waals surface area contributed by atoms with Crippen LogP contribution in [0.1, 0.15) is 6.42 Å². The van der Waals surface area contributed by atoms with Gasteiger partial charge in [0.15, 0.2) is 0 Å². The number of alkyl halides is 1. The quantitative estimate of drug-likeness (QED) is 0.448. The zero-order valence-corrected chi connectivity index (χ0v) is 6.59. The molecule has 2 rings (SSSR count). The maximum atomic E-state index is 5.18. The van der Waals surface area contributed by atoms with Crippen LogP contribution >= 0.6 is 22.6 Å². The number of allylic oxidation sites excluding steroid dienone is 1. The lowest BCUT2D eigenvalue weighted by Crippen LogP contribution is -2.21. The molecule has 0 N–H and O–H groups in total. The Hall–Kier alpha value is 0.270. The van der Waals surface area contributed by atoms with Crippen LogP contribution in [0.15, 0.2) is 11.8 Å². The Kier molecular flexibility index (Phi) is 1.03. The Balaban J connectivity index is 2.17. The minimum absolute atomic E-state index is 0.745. The van der Waals surface area contributed by atoms with Gasteiger partial charge in [0, 0.05) is 3.92 Å². The summed E-state index contributed by atoms with van der Waals surface area (Å²) in [5, 5.41) is 0. The Morgan fingerprint density at radius 1 is 1.75 bits per heavy atom. The van der Waals surface area contributed by atoms with Gasteiger partial charge in [-0.3, -0.25) is 0 Å². The van der Waals surface area contributed by atoms with Crippen LogP contribution in [0, 0.1) is 5.92 Å². The number of rotatable bonds is 0. The first kappa shape index (κ1) is 5.09. The van der Waals surface area contributed by atoms with Crippen LogP contribution in [0.3, 0.4) is 0 Å². The molecule has 0 spiro atoms. The van der Waals surface area contributed by atoms with Crippen molar-refractivity contribution in [1.29, 1.82) is 0 Å². The normalized spacial score (nSPS) is 41.9. The van der Waals surface area contributed by atoms with Crippen molar-refractivity contribution in [3.8, 4) is 0 Å². The Morgan fingerprint density at radius 2 is 2.62 bits per heavy atom. The Bertz CT molecular complexity index is 141. The van der Waals surface area contributed by atoms with Crippen molar-refractivity contribution in [3.63, 3.8) is 0 Å². The zero-order valence-electron chi connectivity index (χ0n) is 4.43. The molecule has 44 valence electrons. The van der Waals surface area contributed by atoms with Gasteiger partial charge in [-0.15, -0.1) is 0 Å². The minimum atomic E-state index is 0.745. The van der Waals surface area contributed by atoms with E-state index in [4.69, 9.17) is 4.74 Å². The van der Waals surface area contributed by atoms with Gasteiger partial charge in [-0.1, -0.05) is 22.6 Å². The summed E-state index contributed by atoms with van der Waals surface area (Å²) in [6, 6.07) is 0. The molecule has 1 saturated heterocycles. The van der Waals surface area contributed by atoms with Crippen molar-refractivity contribution in [2.45, 2.75) is 10.3 Å². The summed E-state index contributed by atoms with van der Waals surface area (Å²) in [5.74, 6) is 2.06. The highest BCUT2D eigenvalue weighted by Gasteiger charge is 2.33. The summed E-state index contributed by atoms with van der Waals surface area (Å²) in [6.45, 7) is 0.978. The molecule has 2 heteroatoms. The van der Waals surface area contributed by atoms with Crippen LogP contribution in [0.4, 0.5) is 0 Å². The summed E-state index contributed by atoms with van der Waals surface area (Å²) in [5.41, 5.74) is 0. The maximum Gasteiger partial charge on any atom is 0.0996 e. The van der Waals surface area contributed by atoms with E-state index in [0.29, 0.717) is 0 Å². The summed E-state index contributed by atoms with van der Waals surface area (Å²) in [4.78, 5) is 0. The molecule has 1 nitrogen and oxygen atoms in total. The van der Waals surface area contributed by atoms with Gasteiger partial charge < -0.3 is 4.74 Å². The van der Waals surface area contributed by atoms with E-state index in [1.165, 1.54) is 12.2 Å². The van der Waals surface area contributed by atoms with Crippen LogP contribution in [0.25, 0.3) is 0 Å². The molecule has 0 aromatic carbocycles. The fourth-order valence-electron chi connectivity index (χ4n) is 1.18. The van der Waals surface area contributed by atoms with E-state index in [1.54, 1.807) is 0 Å². The number of hydrogen-bond donors (Lipinski definition) is 0. The van der Waals surface area contributed by atoms with Crippen LogP contribution in [0.2, 0.25) is 0 Å². The van der Waals surface area contributed by atoms with Crippen LogP contribution in [-0.4, -0.2) is 10.5 Å². The molecular formula is C6H7IO. The van der Waals surface area contributed by atoms with E-state index in [2.05, 4.69) is 28.7 Å². The number of hydrogen-bond acceptors (Lipinski definition) is 1. The predicted molar refractivity (Wildman–Crippen MR) is 40.0 cm³/mol. The summed E-state index contributed by atoms with van der Waals surface area (Å²) >= 11 is 2.45. The first-order valence-corrected chi connectivity index (χ1v) is 4.09. The summed E-state index contributed by atoms with van der Waals surface area (Å²) < 4.78 is 5.93. The van der Waals surface area contributed by atoms with Gasteiger partial charge in [-0.25, -0.2) is 0 Å². The second-order valence-electron chi connectivity index (χ2n) is 2.33. The first-order chi connectivity index (χ1) is 3.86. The van der Waals surface area contributed by atoms with Gasteiger partial charge in [-0.05, 0) is 12.5 Å². The molecule has 0 amide bonds. The van der Waals surface area contributed by atoms with Crippen LogP contribution in [0.5, 0.6) is 0 Å². The average Bonchev–Trinajstić information content (AvgIpc) is 1.91. The van der Waals surface area contributed by atoms with Gasteiger partial charge in [0.2, 0.25) is 0 Å². The summed E-state index contributed by atoms with van der Waals surface area (Å²) in [6.07, 6.45) is 3.55. The molecule has 1 heterocycles. The number of ether oxygens (including phenoxy) is 1. The highest BCUT2D eigenvalue weighted by molar-refractivity contribution is 14.1. The molecule has 8 heavy (non-hydrogen) atoms. The number of fused-ring (bicyclic) bond motifs is 1. The maximum absolute atomic E-state index is 5.18. The first-order valence-electron chi connectivity index (χ1n) is 2.85. The number of halogens is 1. The van der Waals surface area contributed by atoms with E-state index in [9.17, 15) is 0 Å². The van der Waals surface area contributed by atoms with Gasteiger partial charge >= 0.3 is 0 Å². The third-order valence-electron chi connectivity index (χ3n) is 1.71. The lowest BCUT2D eigenvalue weighted by atomic mass is 10.1. The van der Waals surface area contributed by atoms with Crippen molar-refractivity contribution in [1.82, 2.24) is 0 Å². The molecule has 2 aliphatic rings. The fourth-order valence-corrected chi connectivity index (χ4v) is 2.15. The smallest absolute Gasteiger partial charge is 0.0996 e. The topological polar surface area (TPSA) is 9.23 Å². The molecule has 0 saturated carbocycles. The molecule has 0 bridgehead atoms. The van der Waals surface area contributed by atoms with E-state index < -0.39 is 0 Å². The van der Waals surface area contributed by atoms with E-state index in [-0.39, 0.29) is 0 Å². The Labute approximate surface area is 62.2 Å². The van der Waals surface area contributed by atoms with Gasteiger partial charge in [0.05, 0.1) is 18.3 Å². The summed E-state index contributed by atoms with van der Waals surface area (Å²) in [7, 11) is 0. The molecular weight excluding hydrogens is 215 g/mol. The second kappa shape index (κ2) is 1.62. The average molecular weight is 222 g/mol. The van der Waals surface area contributed by atoms with Crippen molar-refractivity contribution in [2.75, 3.05) is 6.61 Å². The standard InChI is InChI=1S/C6H7IO/c7-5-1-4-3-8-6(4)2-5/h2,4-5H,1,3H2. The molecule has 0 aromatic rings. The molecule has 2 atom stereocenters. The third-order valence-corrected chi connectivity index (χ3v) is 2.58. The third kappa shape index (κ3) is 0.584. The monoisotopic (exact) mass is 222 g/mol. The largest absolute Gasteiger partial charge is 0.497 e. The van der Waals surface area contributed by atoms with Crippen LogP contribution < -0.4 is 0 Å². The van der Waals surface area contributed by atoms with Crippen molar-refractivity contribution in [2.24, 2.45) is 5.92 Å². The van der Waals surface area contributed by atoms with E-state index in [0.717, 1.165) is 16.4 Å². The molecule has 1 aliphatic heterocycles. The van der Waals surface area contributed by atoms with E-state index in [1.807, 2.05) is 0 Å². The zero-order chi connectivity index (χ0) is 5.56. The molecule has 2 unspecified atom stereocenters. The molecule has 0 aromatic heterocycles. The fraction of sp³-hybridized carbons (Fsp3) is 0.667. The molecule has 0 radical (unpaired) electrons.